The van der Waals surface area contributed by atoms with Crippen molar-refractivity contribution in [1.82, 2.24) is 14.5 Å². The Kier molecular flexibility index (Phi) is 5.58. The van der Waals surface area contributed by atoms with Gasteiger partial charge in [-0.05, 0) is 44.2 Å². The third-order valence-electron chi connectivity index (χ3n) is 5.65. The highest BCUT2D eigenvalue weighted by Gasteiger charge is 2.30. The van der Waals surface area contributed by atoms with Gasteiger partial charge in [-0.25, -0.2) is 13.4 Å². The van der Waals surface area contributed by atoms with Gasteiger partial charge < -0.3 is 4.90 Å². The van der Waals surface area contributed by atoms with E-state index in [-0.39, 0.29) is 11.0 Å². The molecule has 0 N–H and O–H groups in total. The molecule has 0 saturated carbocycles. The fraction of sp³-hybridized carbons (Fsp3) is 0.789. The minimum Gasteiger partial charge on any atom is -0.303 e. The van der Waals surface area contributed by atoms with Gasteiger partial charge >= 0.3 is 0 Å². The SMILES string of the molecule is CC(C)(C)c1cc(=O)n(CC2CCN(CC3CCS(=O)(=O)C3)CC2)cn1. The molecule has 2 aliphatic rings. The lowest BCUT2D eigenvalue weighted by Crippen LogP contribution is -2.39. The molecule has 1 atom stereocenters. The molecule has 0 amide bonds. The van der Waals surface area contributed by atoms with Crippen LogP contribution in [0.2, 0.25) is 0 Å². The summed E-state index contributed by atoms with van der Waals surface area (Å²) in [5.74, 6) is 1.50. The van der Waals surface area contributed by atoms with Gasteiger partial charge in [0.05, 0.1) is 23.5 Å². The maximum atomic E-state index is 12.4. The topological polar surface area (TPSA) is 72.3 Å². The van der Waals surface area contributed by atoms with Crippen LogP contribution in [0.3, 0.4) is 0 Å². The van der Waals surface area contributed by atoms with Crippen LogP contribution in [0.5, 0.6) is 0 Å². The quantitative estimate of drug-likeness (QED) is 0.794. The summed E-state index contributed by atoms with van der Waals surface area (Å²) in [5, 5.41) is 0. The lowest BCUT2D eigenvalue weighted by atomic mass is 9.92. The number of hydrogen-bond donors (Lipinski definition) is 0. The lowest BCUT2D eigenvalue weighted by molar-refractivity contribution is 0.156. The van der Waals surface area contributed by atoms with Crippen molar-refractivity contribution < 1.29 is 8.42 Å². The molecule has 0 radical (unpaired) electrons. The molecule has 0 bridgehead atoms. The van der Waals surface area contributed by atoms with E-state index in [1.807, 2.05) is 0 Å². The summed E-state index contributed by atoms with van der Waals surface area (Å²) in [6.45, 7) is 9.78. The third kappa shape index (κ3) is 4.94. The predicted molar refractivity (Wildman–Crippen MR) is 103 cm³/mol. The van der Waals surface area contributed by atoms with E-state index in [0.29, 0.717) is 23.3 Å². The van der Waals surface area contributed by atoms with Crippen LogP contribution in [0.25, 0.3) is 0 Å². The maximum absolute atomic E-state index is 12.4. The van der Waals surface area contributed by atoms with Gasteiger partial charge in [0.1, 0.15) is 0 Å². The van der Waals surface area contributed by atoms with E-state index in [4.69, 9.17) is 0 Å². The number of rotatable bonds is 4. The zero-order chi connectivity index (χ0) is 18.9. The first kappa shape index (κ1) is 19.5. The van der Waals surface area contributed by atoms with E-state index in [9.17, 15) is 13.2 Å². The van der Waals surface area contributed by atoms with Gasteiger partial charge in [0, 0.05) is 24.6 Å². The summed E-state index contributed by atoms with van der Waals surface area (Å²) < 4.78 is 24.9. The van der Waals surface area contributed by atoms with Crippen LogP contribution in [-0.4, -0.2) is 54.0 Å². The predicted octanol–water partition coefficient (Wildman–Crippen LogP) is 1.69. The normalized spacial score (nSPS) is 24.8. The largest absolute Gasteiger partial charge is 0.303 e. The highest BCUT2D eigenvalue weighted by atomic mass is 32.2. The Bertz CT molecular complexity index is 787. The van der Waals surface area contributed by atoms with Crippen molar-refractivity contribution in [3.63, 3.8) is 0 Å². The Balaban J connectivity index is 1.51. The highest BCUT2D eigenvalue weighted by Crippen LogP contribution is 2.24. The third-order valence-corrected chi connectivity index (χ3v) is 7.49. The molecule has 0 aromatic carbocycles. The molecule has 1 unspecified atom stereocenters. The second kappa shape index (κ2) is 7.43. The number of sulfone groups is 1. The van der Waals surface area contributed by atoms with Crippen molar-refractivity contribution in [3.8, 4) is 0 Å². The smallest absolute Gasteiger partial charge is 0.253 e. The number of hydrogen-bond acceptors (Lipinski definition) is 5. The second-order valence-electron chi connectivity index (χ2n) is 9.03. The Morgan fingerprint density at radius 1 is 1.12 bits per heavy atom. The van der Waals surface area contributed by atoms with Gasteiger partial charge in [0.15, 0.2) is 9.84 Å². The summed E-state index contributed by atoms with van der Waals surface area (Å²) in [7, 11) is -2.79. The van der Waals surface area contributed by atoms with Crippen LogP contribution in [0.1, 0.15) is 45.7 Å². The minimum absolute atomic E-state index is 0.0310. The van der Waals surface area contributed by atoms with Crippen molar-refractivity contribution in [1.29, 1.82) is 0 Å². The van der Waals surface area contributed by atoms with Gasteiger partial charge in [0.2, 0.25) is 0 Å². The van der Waals surface area contributed by atoms with Gasteiger partial charge in [-0.2, -0.15) is 0 Å². The Morgan fingerprint density at radius 2 is 1.81 bits per heavy atom. The maximum Gasteiger partial charge on any atom is 0.253 e. The molecule has 1 aromatic rings. The first-order chi connectivity index (χ1) is 12.1. The van der Waals surface area contributed by atoms with Gasteiger partial charge in [0.25, 0.3) is 5.56 Å². The average molecular weight is 382 g/mol. The molecule has 26 heavy (non-hydrogen) atoms. The molecule has 3 heterocycles. The molecule has 7 heteroatoms. The van der Waals surface area contributed by atoms with E-state index in [2.05, 4.69) is 30.7 Å². The fourth-order valence-electron chi connectivity index (χ4n) is 3.98. The number of likely N-dealkylation sites (tertiary alicyclic amines) is 1. The van der Waals surface area contributed by atoms with E-state index >= 15 is 0 Å². The molecule has 1 aromatic heterocycles. The number of nitrogens with zero attached hydrogens (tertiary/aromatic N) is 3. The summed E-state index contributed by atoms with van der Waals surface area (Å²) in [5.41, 5.74) is 0.751. The Morgan fingerprint density at radius 3 is 2.35 bits per heavy atom. The molecule has 2 aliphatic heterocycles. The number of piperidine rings is 1. The molecule has 2 saturated heterocycles. The van der Waals surface area contributed by atoms with Gasteiger partial charge in [-0.1, -0.05) is 20.8 Å². The molecular formula is C19H31N3O3S. The van der Waals surface area contributed by atoms with Crippen LogP contribution in [-0.2, 0) is 21.8 Å². The molecular weight excluding hydrogens is 350 g/mol. The molecule has 2 fully saturated rings. The van der Waals surface area contributed by atoms with Gasteiger partial charge in [-0.15, -0.1) is 0 Å². The summed E-state index contributed by atoms with van der Waals surface area (Å²) in [6, 6.07) is 1.66. The standard InChI is InChI=1S/C19H31N3O3S/c1-19(2,3)17-10-18(23)22(14-20-17)12-15-4-7-21(8-5-15)11-16-6-9-26(24,25)13-16/h10,14-16H,4-9,11-13H2,1-3H3. The second-order valence-corrected chi connectivity index (χ2v) is 11.3. The van der Waals surface area contributed by atoms with Crippen molar-refractivity contribution in [3.05, 3.63) is 28.4 Å². The van der Waals surface area contributed by atoms with Crippen LogP contribution < -0.4 is 5.56 Å². The molecule has 6 nitrogen and oxygen atoms in total. The lowest BCUT2D eigenvalue weighted by Gasteiger charge is -2.33. The molecule has 3 rings (SSSR count). The minimum atomic E-state index is -2.79. The number of aromatic nitrogens is 2. The Hall–Kier alpha value is -1.21. The van der Waals surface area contributed by atoms with Crippen LogP contribution in [0.15, 0.2) is 17.2 Å². The van der Waals surface area contributed by atoms with E-state index in [0.717, 1.165) is 51.1 Å². The summed E-state index contributed by atoms with van der Waals surface area (Å²) >= 11 is 0. The van der Waals surface area contributed by atoms with Gasteiger partial charge in [-0.3, -0.25) is 9.36 Å². The monoisotopic (exact) mass is 381 g/mol. The van der Waals surface area contributed by atoms with Crippen LogP contribution in [0, 0.1) is 11.8 Å². The fourth-order valence-corrected chi connectivity index (χ4v) is 5.83. The molecule has 146 valence electrons. The Labute approximate surface area is 156 Å². The zero-order valence-corrected chi connectivity index (χ0v) is 17.0. The molecule has 0 spiro atoms. The van der Waals surface area contributed by atoms with Crippen molar-refractivity contribution >= 4 is 9.84 Å². The average Bonchev–Trinajstić information content (AvgIpc) is 2.89. The first-order valence-corrected chi connectivity index (χ1v) is 11.4. The molecule has 0 aliphatic carbocycles. The van der Waals surface area contributed by atoms with Crippen molar-refractivity contribution in [2.24, 2.45) is 11.8 Å². The van der Waals surface area contributed by atoms with Crippen molar-refractivity contribution in [2.75, 3.05) is 31.1 Å². The van der Waals surface area contributed by atoms with Crippen molar-refractivity contribution in [2.45, 2.75) is 52.0 Å². The van der Waals surface area contributed by atoms with Crippen LogP contribution in [0.4, 0.5) is 0 Å². The summed E-state index contributed by atoms with van der Waals surface area (Å²) in [6.07, 6.45) is 4.60. The van der Waals surface area contributed by atoms with E-state index in [1.165, 1.54) is 0 Å². The zero-order valence-electron chi connectivity index (χ0n) is 16.1. The van der Waals surface area contributed by atoms with E-state index < -0.39 is 9.84 Å². The highest BCUT2D eigenvalue weighted by molar-refractivity contribution is 7.91. The summed E-state index contributed by atoms with van der Waals surface area (Å²) in [4.78, 5) is 19.2. The first-order valence-electron chi connectivity index (χ1n) is 9.62. The van der Waals surface area contributed by atoms with E-state index in [1.54, 1.807) is 17.0 Å². The van der Waals surface area contributed by atoms with Crippen LogP contribution >= 0.6 is 0 Å².